The molecular weight excluding hydrogens is 172 g/mol. The molecule has 0 saturated carbocycles. The van der Waals surface area contributed by atoms with Crippen LogP contribution in [-0.2, 0) is 0 Å². The summed E-state index contributed by atoms with van der Waals surface area (Å²) < 4.78 is 0. The molecule has 0 aromatic carbocycles. The average Bonchev–Trinajstić information content (AvgIpc) is 1.88. The van der Waals surface area contributed by atoms with Crippen molar-refractivity contribution in [3.05, 3.63) is 5.82 Å². The second-order valence-corrected chi connectivity index (χ2v) is 1.40. The first-order chi connectivity index (χ1) is 4.35. The second-order valence-electron chi connectivity index (χ2n) is 0.832. The highest BCUT2D eigenvalue weighted by molar-refractivity contribution is 7.78. The van der Waals surface area contributed by atoms with Gasteiger partial charge in [0.05, 0.1) is 10.3 Å². The maximum atomic E-state index is 4.36. The zero-order valence-corrected chi connectivity index (χ0v) is 6.57. The molecule has 44 valence electrons. The van der Waals surface area contributed by atoms with Crippen molar-refractivity contribution in [1.29, 1.82) is 0 Å². The van der Waals surface area contributed by atoms with Crippen LogP contribution in [-0.4, -0.2) is 15.3 Å². The van der Waals surface area contributed by atoms with Gasteiger partial charge in [0.2, 0.25) is 5.82 Å². The Morgan fingerprint density at radius 1 is 1.00 bits per heavy atom. The number of hydrogen-bond acceptors (Lipinski definition) is 5. The van der Waals surface area contributed by atoms with Gasteiger partial charge in [-0.25, -0.2) is 0 Å². The van der Waals surface area contributed by atoms with E-state index in [1.165, 1.54) is 0 Å². The molecule has 0 bridgehead atoms. The van der Waals surface area contributed by atoms with Crippen molar-refractivity contribution in [2.24, 2.45) is 9.98 Å². The molecule has 0 aliphatic carbocycles. The van der Waals surface area contributed by atoms with Crippen LogP contribution >= 0.6 is 36.7 Å². The standard InChI is InChI=1S/C4N2S3/c7-1-4(5-2-8)6-3-9. The summed E-state index contributed by atoms with van der Waals surface area (Å²) >= 11 is 12.9. The van der Waals surface area contributed by atoms with Gasteiger partial charge in [-0.2, -0.15) is 9.98 Å². The third-order valence-corrected chi connectivity index (χ3v) is 0.760. The van der Waals surface area contributed by atoms with E-state index in [0.717, 1.165) is 0 Å². The van der Waals surface area contributed by atoms with Crippen LogP contribution in [0.2, 0.25) is 0 Å². The molecule has 0 aromatic rings. The van der Waals surface area contributed by atoms with E-state index in [4.69, 9.17) is 0 Å². The number of isothiocyanates is 2. The van der Waals surface area contributed by atoms with Crippen LogP contribution in [0.15, 0.2) is 15.8 Å². The highest BCUT2D eigenvalue weighted by atomic mass is 32.1. The number of rotatable bonds is 2. The molecule has 0 spiro atoms. The van der Waals surface area contributed by atoms with Crippen molar-refractivity contribution in [1.82, 2.24) is 0 Å². The van der Waals surface area contributed by atoms with Gasteiger partial charge in [-0.15, -0.1) is 0 Å². The van der Waals surface area contributed by atoms with Crippen LogP contribution in [0.25, 0.3) is 0 Å². The Balaban J connectivity index is 4.57. The minimum absolute atomic E-state index is 0.134. The summed E-state index contributed by atoms with van der Waals surface area (Å²) in [5.41, 5.74) is 0. The Kier molecular flexibility index (Phi) is 5.27. The molecule has 0 saturated heterocycles. The molecule has 0 unspecified atom stereocenters. The van der Waals surface area contributed by atoms with Crippen LogP contribution in [0.3, 0.4) is 0 Å². The Bertz CT molecular complexity index is 219. The summed E-state index contributed by atoms with van der Waals surface area (Å²) in [4.78, 5) is 6.81. The maximum absolute atomic E-state index is 4.36. The van der Waals surface area contributed by atoms with Crippen molar-refractivity contribution < 1.29 is 0 Å². The Morgan fingerprint density at radius 3 is 1.67 bits per heavy atom. The lowest BCUT2D eigenvalue weighted by Gasteiger charge is -1.73. The van der Waals surface area contributed by atoms with E-state index < -0.39 is 0 Å². The van der Waals surface area contributed by atoms with E-state index >= 15 is 0 Å². The number of hydrogen-bond donors (Lipinski definition) is 0. The molecule has 0 rings (SSSR count). The van der Waals surface area contributed by atoms with Crippen molar-refractivity contribution >= 4 is 52.0 Å². The quantitative estimate of drug-likeness (QED) is 0.467. The van der Waals surface area contributed by atoms with Gasteiger partial charge in [0.25, 0.3) is 0 Å². The van der Waals surface area contributed by atoms with Gasteiger partial charge in [0, 0.05) is 5.02 Å². The first-order valence-electron chi connectivity index (χ1n) is 1.76. The number of aliphatic imine (C=N–C) groups is 2. The van der Waals surface area contributed by atoms with Crippen LogP contribution in [0.1, 0.15) is 0 Å². The molecule has 0 heterocycles. The van der Waals surface area contributed by atoms with Crippen LogP contribution in [0.5, 0.6) is 0 Å². The van der Waals surface area contributed by atoms with E-state index in [0.29, 0.717) is 0 Å². The second kappa shape index (κ2) is 5.60. The topological polar surface area (TPSA) is 24.7 Å². The predicted octanol–water partition coefficient (Wildman–Crippen LogP) is 1.63. The number of nitrogens with zero attached hydrogens (tertiary/aromatic N) is 2. The molecule has 0 aromatic heterocycles. The molecule has 2 nitrogen and oxygen atoms in total. The summed E-state index contributed by atoms with van der Waals surface area (Å²) in [7, 11) is 0. The third kappa shape index (κ3) is 4.01. The summed E-state index contributed by atoms with van der Waals surface area (Å²) in [6.45, 7) is 0. The molecule has 0 amide bonds. The minimum atomic E-state index is 0.134. The van der Waals surface area contributed by atoms with E-state index in [2.05, 4.69) is 62.0 Å². The van der Waals surface area contributed by atoms with Gasteiger partial charge >= 0.3 is 0 Å². The van der Waals surface area contributed by atoms with Gasteiger partial charge in [-0.3, -0.25) is 0 Å². The van der Waals surface area contributed by atoms with Gasteiger partial charge < -0.3 is 0 Å². The van der Waals surface area contributed by atoms with Crippen LogP contribution < -0.4 is 0 Å². The first-order valence-corrected chi connectivity index (χ1v) is 2.98. The first kappa shape index (κ1) is 8.47. The van der Waals surface area contributed by atoms with E-state index in [-0.39, 0.29) is 5.82 Å². The van der Waals surface area contributed by atoms with Crippen molar-refractivity contribution in [3.8, 4) is 0 Å². The van der Waals surface area contributed by atoms with Gasteiger partial charge in [-0.05, 0) is 36.7 Å². The van der Waals surface area contributed by atoms with Crippen molar-refractivity contribution in [2.45, 2.75) is 0 Å². The highest BCUT2D eigenvalue weighted by Gasteiger charge is 1.80. The normalized spacial score (nSPS) is 5.78. The maximum Gasteiger partial charge on any atom is 0.226 e. The summed E-state index contributed by atoms with van der Waals surface area (Å²) in [5.74, 6) is 0.134. The molecule has 5 heteroatoms. The van der Waals surface area contributed by atoms with Crippen LogP contribution in [0.4, 0.5) is 0 Å². The lowest BCUT2D eigenvalue weighted by atomic mass is 10.8. The fourth-order valence-corrected chi connectivity index (χ4v) is 0.421. The van der Waals surface area contributed by atoms with E-state index in [9.17, 15) is 0 Å². The predicted molar refractivity (Wildman–Crippen MR) is 46.2 cm³/mol. The molecule has 0 atom stereocenters. The van der Waals surface area contributed by atoms with E-state index in [1.54, 1.807) is 0 Å². The molecule has 0 aliphatic rings. The summed E-state index contributed by atoms with van der Waals surface area (Å²) in [5, 5.41) is 6.34. The fourth-order valence-electron chi connectivity index (χ4n) is 0.157. The zero-order chi connectivity index (χ0) is 7.11. The zero-order valence-electron chi connectivity index (χ0n) is 4.12. The summed E-state index contributed by atoms with van der Waals surface area (Å²) in [6.07, 6.45) is 0. The molecule has 0 fully saturated rings. The number of thiocarbonyl (C=S) groups is 3. The van der Waals surface area contributed by atoms with Crippen LogP contribution in [0, 0.1) is 0 Å². The van der Waals surface area contributed by atoms with Gasteiger partial charge in [0.1, 0.15) is 0 Å². The molecule has 9 heavy (non-hydrogen) atoms. The minimum Gasteiger partial charge on any atom is -0.164 e. The molecular formula is C4N2S3. The third-order valence-electron chi connectivity index (χ3n) is 0.394. The Morgan fingerprint density at radius 2 is 1.44 bits per heavy atom. The Hall–Kier alpha value is -0.530. The monoisotopic (exact) mass is 172 g/mol. The smallest absolute Gasteiger partial charge is 0.164 e. The molecule has 0 radical (unpaired) electrons. The fraction of sp³-hybridized carbons (Fsp3) is 0. The van der Waals surface area contributed by atoms with Gasteiger partial charge in [0.15, 0.2) is 0 Å². The lowest BCUT2D eigenvalue weighted by molar-refractivity contribution is 1.32. The van der Waals surface area contributed by atoms with Gasteiger partial charge in [-0.1, -0.05) is 0 Å². The molecule has 0 aliphatic heterocycles. The Labute approximate surface area is 68.0 Å². The lowest BCUT2D eigenvalue weighted by Crippen LogP contribution is -1.67. The molecule has 0 N–H and O–H groups in total. The summed E-state index contributed by atoms with van der Waals surface area (Å²) in [6, 6.07) is 0. The van der Waals surface area contributed by atoms with E-state index in [1.807, 2.05) is 0 Å². The SMILES string of the molecule is S=C=NC(=C=S)N=C=S. The highest BCUT2D eigenvalue weighted by Crippen LogP contribution is 1.87. The van der Waals surface area contributed by atoms with Crippen molar-refractivity contribution in [3.63, 3.8) is 0 Å². The average molecular weight is 172 g/mol. The largest absolute Gasteiger partial charge is 0.226 e. The van der Waals surface area contributed by atoms with Crippen molar-refractivity contribution in [2.75, 3.05) is 0 Å².